The molecule has 0 aromatic carbocycles. The fraction of sp³-hybridized carbons (Fsp3) is 0.636. The molecular weight excluding hydrogens is 190 g/mol. The Balaban J connectivity index is 1.82. The van der Waals surface area contributed by atoms with Crippen LogP contribution in [0.15, 0.2) is 22.8 Å². The minimum Gasteiger partial charge on any atom is -0.468 e. The maximum atomic E-state index is 5.35. The molecule has 15 heavy (non-hydrogen) atoms. The minimum atomic E-state index is 0.554. The van der Waals surface area contributed by atoms with E-state index in [2.05, 4.69) is 15.5 Å². The number of furan rings is 1. The van der Waals surface area contributed by atoms with Gasteiger partial charge in [-0.2, -0.15) is 0 Å². The zero-order valence-electron chi connectivity index (χ0n) is 9.20. The molecule has 2 N–H and O–H groups in total. The van der Waals surface area contributed by atoms with Gasteiger partial charge in [0.05, 0.1) is 12.8 Å². The van der Waals surface area contributed by atoms with Crippen LogP contribution in [0.5, 0.6) is 0 Å². The summed E-state index contributed by atoms with van der Waals surface area (Å²) in [5.74, 6) is 1.06. The molecule has 0 amide bonds. The molecule has 2 rings (SSSR count). The van der Waals surface area contributed by atoms with E-state index in [-0.39, 0.29) is 0 Å². The highest BCUT2D eigenvalue weighted by molar-refractivity contribution is 4.98. The lowest BCUT2D eigenvalue weighted by atomic mass is 10.2. The molecule has 84 valence electrons. The van der Waals surface area contributed by atoms with E-state index >= 15 is 0 Å². The van der Waals surface area contributed by atoms with Gasteiger partial charge in [0, 0.05) is 32.2 Å². The number of likely N-dealkylation sites (N-methyl/N-ethyl adjacent to an activating group) is 1. The van der Waals surface area contributed by atoms with Gasteiger partial charge in [0.15, 0.2) is 0 Å². The largest absolute Gasteiger partial charge is 0.468 e. The lowest BCUT2D eigenvalue weighted by Crippen LogP contribution is -2.53. The van der Waals surface area contributed by atoms with Crippen molar-refractivity contribution in [3.8, 4) is 0 Å². The van der Waals surface area contributed by atoms with Gasteiger partial charge in [0.2, 0.25) is 0 Å². The van der Waals surface area contributed by atoms with Crippen molar-refractivity contribution < 1.29 is 4.42 Å². The van der Waals surface area contributed by atoms with Crippen molar-refractivity contribution in [2.75, 3.05) is 33.2 Å². The summed E-state index contributed by atoms with van der Waals surface area (Å²) in [4.78, 5) is 2.43. The van der Waals surface area contributed by atoms with Crippen molar-refractivity contribution in [3.63, 3.8) is 0 Å². The van der Waals surface area contributed by atoms with Gasteiger partial charge < -0.3 is 15.1 Å². The monoisotopic (exact) mass is 209 g/mol. The number of hydrogen-bond donors (Lipinski definition) is 2. The Kier molecular flexibility index (Phi) is 3.77. The fourth-order valence-electron chi connectivity index (χ4n) is 2.04. The van der Waals surface area contributed by atoms with Crippen LogP contribution in [0, 0.1) is 0 Å². The Morgan fingerprint density at radius 3 is 3.33 bits per heavy atom. The van der Waals surface area contributed by atoms with E-state index in [9.17, 15) is 0 Å². The minimum absolute atomic E-state index is 0.554. The molecule has 1 aliphatic heterocycles. The van der Waals surface area contributed by atoms with E-state index in [1.54, 1.807) is 6.26 Å². The van der Waals surface area contributed by atoms with E-state index in [0.29, 0.717) is 6.04 Å². The first-order valence-corrected chi connectivity index (χ1v) is 5.51. The maximum Gasteiger partial charge on any atom is 0.117 e. The predicted molar refractivity (Wildman–Crippen MR) is 59.7 cm³/mol. The summed E-state index contributed by atoms with van der Waals surface area (Å²) in [6.07, 6.45) is 1.74. The molecule has 0 bridgehead atoms. The van der Waals surface area contributed by atoms with Crippen molar-refractivity contribution in [3.05, 3.63) is 24.2 Å². The quantitative estimate of drug-likeness (QED) is 0.747. The molecule has 1 aromatic rings. The van der Waals surface area contributed by atoms with Crippen LogP contribution in [0.1, 0.15) is 5.76 Å². The van der Waals surface area contributed by atoms with Crippen molar-refractivity contribution in [1.29, 1.82) is 0 Å². The summed E-state index contributed by atoms with van der Waals surface area (Å²) in [6, 6.07) is 4.54. The number of nitrogens with one attached hydrogen (secondary N) is 2. The Morgan fingerprint density at radius 2 is 2.60 bits per heavy atom. The average molecular weight is 209 g/mol. The Labute approximate surface area is 90.6 Å². The molecule has 0 radical (unpaired) electrons. The van der Waals surface area contributed by atoms with Crippen LogP contribution in [0.4, 0.5) is 0 Å². The second-order valence-electron chi connectivity index (χ2n) is 4.02. The van der Waals surface area contributed by atoms with Crippen LogP contribution in [-0.4, -0.2) is 44.2 Å². The standard InChI is InChI=1S/C11H19N3O/c1-12-7-10-8-14(5-4-13-10)9-11-3-2-6-15-11/h2-3,6,10,12-13H,4-5,7-9H2,1H3. The molecule has 1 atom stereocenters. The summed E-state index contributed by atoms with van der Waals surface area (Å²) < 4.78 is 5.35. The first-order valence-electron chi connectivity index (χ1n) is 5.51. The molecule has 0 saturated carbocycles. The lowest BCUT2D eigenvalue weighted by Gasteiger charge is -2.33. The molecule has 1 aliphatic rings. The average Bonchev–Trinajstić information content (AvgIpc) is 2.71. The van der Waals surface area contributed by atoms with Crippen LogP contribution in [0.3, 0.4) is 0 Å². The van der Waals surface area contributed by atoms with Gasteiger partial charge in [0.1, 0.15) is 5.76 Å². The molecule has 1 fully saturated rings. The SMILES string of the molecule is CNCC1CN(Cc2ccco2)CCN1. The molecule has 1 unspecified atom stereocenters. The topological polar surface area (TPSA) is 40.4 Å². The summed E-state index contributed by atoms with van der Waals surface area (Å²) in [7, 11) is 1.99. The van der Waals surface area contributed by atoms with E-state index in [4.69, 9.17) is 4.42 Å². The fourth-order valence-corrected chi connectivity index (χ4v) is 2.04. The van der Waals surface area contributed by atoms with Crippen molar-refractivity contribution >= 4 is 0 Å². The first-order chi connectivity index (χ1) is 7.38. The lowest BCUT2D eigenvalue weighted by molar-refractivity contribution is 0.179. The second-order valence-corrected chi connectivity index (χ2v) is 4.02. The van der Waals surface area contributed by atoms with Crippen LogP contribution in [0.25, 0.3) is 0 Å². The molecule has 0 spiro atoms. The molecular formula is C11H19N3O. The maximum absolute atomic E-state index is 5.35. The Bertz CT molecular complexity index is 271. The van der Waals surface area contributed by atoms with Gasteiger partial charge in [-0.3, -0.25) is 4.90 Å². The third-order valence-electron chi connectivity index (χ3n) is 2.75. The number of piperazine rings is 1. The van der Waals surface area contributed by atoms with Gasteiger partial charge in [-0.25, -0.2) is 0 Å². The summed E-state index contributed by atoms with van der Waals surface area (Å²) in [6.45, 7) is 5.19. The van der Waals surface area contributed by atoms with Gasteiger partial charge >= 0.3 is 0 Å². The third-order valence-corrected chi connectivity index (χ3v) is 2.75. The van der Waals surface area contributed by atoms with E-state index in [1.807, 2.05) is 19.2 Å². The van der Waals surface area contributed by atoms with Gasteiger partial charge in [-0.15, -0.1) is 0 Å². The zero-order chi connectivity index (χ0) is 10.5. The van der Waals surface area contributed by atoms with Crippen molar-refractivity contribution in [1.82, 2.24) is 15.5 Å². The Hall–Kier alpha value is -0.840. The van der Waals surface area contributed by atoms with Crippen molar-refractivity contribution in [2.24, 2.45) is 0 Å². The van der Waals surface area contributed by atoms with Crippen molar-refractivity contribution in [2.45, 2.75) is 12.6 Å². The van der Waals surface area contributed by atoms with Gasteiger partial charge in [0.25, 0.3) is 0 Å². The first kappa shape index (κ1) is 10.7. The highest BCUT2D eigenvalue weighted by Gasteiger charge is 2.18. The van der Waals surface area contributed by atoms with E-state index < -0.39 is 0 Å². The summed E-state index contributed by atoms with van der Waals surface area (Å²) in [5, 5.41) is 6.70. The highest BCUT2D eigenvalue weighted by atomic mass is 16.3. The van der Waals surface area contributed by atoms with Crippen LogP contribution >= 0.6 is 0 Å². The predicted octanol–water partition coefficient (Wildman–Crippen LogP) is 0.273. The molecule has 1 aromatic heterocycles. The summed E-state index contributed by atoms with van der Waals surface area (Å²) >= 11 is 0. The molecule has 4 nitrogen and oxygen atoms in total. The van der Waals surface area contributed by atoms with E-state index in [1.165, 1.54) is 0 Å². The van der Waals surface area contributed by atoms with Crippen LogP contribution in [-0.2, 0) is 6.54 Å². The summed E-state index contributed by atoms with van der Waals surface area (Å²) in [5.41, 5.74) is 0. The molecule has 0 aliphatic carbocycles. The highest BCUT2D eigenvalue weighted by Crippen LogP contribution is 2.07. The second kappa shape index (κ2) is 5.30. The third kappa shape index (κ3) is 3.06. The number of nitrogens with zero attached hydrogens (tertiary/aromatic N) is 1. The van der Waals surface area contributed by atoms with E-state index in [0.717, 1.165) is 38.5 Å². The molecule has 1 saturated heterocycles. The van der Waals surface area contributed by atoms with Gasteiger partial charge in [-0.05, 0) is 19.2 Å². The molecule has 2 heterocycles. The van der Waals surface area contributed by atoms with Crippen LogP contribution < -0.4 is 10.6 Å². The Morgan fingerprint density at radius 1 is 1.67 bits per heavy atom. The normalized spacial score (nSPS) is 23.1. The zero-order valence-corrected chi connectivity index (χ0v) is 9.20. The molecule has 4 heteroatoms. The van der Waals surface area contributed by atoms with Crippen LogP contribution in [0.2, 0.25) is 0 Å². The number of hydrogen-bond acceptors (Lipinski definition) is 4. The number of rotatable bonds is 4. The van der Waals surface area contributed by atoms with Gasteiger partial charge in [-0.1, -0.05) is 0 Å². The smallest absolute Gasteiger partial charge is 0.117 e.